The summed E-state index contributed by atoms with van der Waals surface area (Å²) >= 11 is 6.59. The van der Waals surface area contributed by atoms with E-state index in [1.165, 1.54) is 6.07 Å². The summed E-state index contributed by atoms with van der Waals surface area (Å²) in [5, 5.41) is 0. The number of hydrazine groups is 1. The Morgan fingerprint density at radius 2 is 1.79 bits per heavy atom. The number of rotatable bonds is 4. The standard InChI is InChI=1S/C14H13Br2FN2/c15-11-4-2-10(3-5-11)14(19-18)8-9-1-6-13(17)12(16)7-9/h1-7,14,19H,8,18H2. The molecule has 0 amide bonds. The Morgan fingerprint density at radius 3 is 2.37 bits per heavy atom. The second-order valence-corrected chi connectivity index (χ2v) is 5.99. The Hall–Kier alpha value is -0.750. The molecule has 0 saturated carbocycles. The van der Waals surface area contributed by atoms with Crippen LogP contribution in [0.5, 0.6) is 0 Å². The van der Waals surface area contributed by atoms with Crippen LogP contribution in [-0.4, -0.2) is 0 Å². The average molecular weight is 388 g/mol. The lowest BCUT2D eigenvalue weighted by molar-refractivity contribution is 0.550. The van der Waals surface area contributed by atoms with E-state index in [2.05, 4.69) is 37.3 Å². The summed E-state index contributed by atoms with van der Waals surface area (Å²) < 4.78 is 14.7. The van der Waals surface area contributed by atoms with E-state index in [-0.39, 0.29) is 11.9 Å². The summed E-state index contributed by atoms with van der Waals surface area (Å²) in [5.74, 6) is 5.35. The van der Waals surface area contributed by atoms with Gasteiger partial charge < -0.3 is 0 Å². The summed E-state index contributed by atoms with van der Waals surface area (Å²) in [4.78, 5) is 0. The van der Waals surface area contributed by atoms with Crippen molar-refractivity contribution in [3.8, 4) is 0 Å². The third-order valence-corrected chi connectivity index (χ3v) is 4.03. The topological polar surface area (TPSA) is 38.0 Å². The van der Waals surface area contributed by atoms with E-state index in [9.17, 15) is 4.39 Å². The van der Waals surface area contributed by atoms with Gasteiger partial charge in [0.15, 0.2) is 0 Å². The molecule has 2 rings (SSSR count). The number of halogens is 3. The molecular weight excluding hydrogens is 375 g/mol. The number of hydrogen-bond donors (Lipinski definition) is 2. The molecule has 0 aliphatic heterocycles. The van der Waals surface area contributed by atoms with Crippen molar-refractivity contribution in [2.75, 3.05) is 0 Å². The first-order chi connectivity index (χ1) is 9.10. The first-order valence-electron chi connectivity index (χ1n) is 5.75. The van der Waals surface area contributed by atoms with Crippen LogP contribution in [0.4, 0.5) is 4.39 Å². The van der Waals surface area contributed by atoms with Crippen LogP contribution in [0.3, 0.4) is 0 Å². The van der Waals surface area contributed by atoms with E-state index in [4.69, 9.17) is 5.84 Å². The second kappa shape index (κ2) is 6.61. The number of nitrogens with two attached hydrogens (primary N) is 1. The van der Waals surface area contributed by atoms with Gasteiger partial charge in [0.2, 0.25) is 0 Å². The van der Waals surface area contributed by atoms with Crippen molar-refractivity contribution in [3.63, 3.8) is 0 Å². The normalized spacial score (nSPS) is 12.4. The van der Waals surface area contributed by atoms with Crippen LogP contribution in [0.2, 0.25) is 0 Å². The molecule has 0 aromatic heterocycles. The molecule has 1 atom stereocenters. The predicted molar refractivity (Wildman–Crippen MR) is 82.0 cm³/mol. The minimum Gasteiger partial charge on any atom is -0.271 e. The molecule has 1 unspecified atom stereocenters. The molecule has 0 spiro atoms. The molecule has 5 heteroatoms. The highest BCUT2D eigenvalue weighted by molar-refractivity contribution is 9.10. The van der Waals surface area contributed by atoms with Gasteiger partial charge in [-0.25, -0.2) is 4.39 Å². The molecule has 0 aliphatic carbocycles. The summed E-state index contributed by atoms with van der Waals surface area (Å²) in [6.45, 7) is 0. The minimum absolute atomic E-state index is 0.00883. The van der Waals surface area contributed by atoms with E-state index in [0.29, 0.717) is 10.9 Å². The van der Waals surface area contributed by atoms with Gasteiger partial charge in [0, 0.05) is 10.5 Å². The fourth-order valence-electron chi connectivity index (χ4n) is 1.87. The van der Waals surface area contributed by atoms with Crippen molar-refractivity contribution in [1.29, 1.82) is 0 Å². The molecule has 19 heavy (non-hydrogen) atoms. The van der Waals surface area contributed by atoms with Gasteiger partial charge >= 0.3 is 0 Å². The quantitative estimate of drug-likeness (QED) is 0.612. The lowest BCUT2D eigenvalue weighted by Gasteiger charge is -2.17. The highest BCUT2D eigenvalue weighted by Gasteiger charge is 2.11. The van der Waals surface area contributed by atoms with Crippen molar-refractivity contribution in [2.45, 2.75) is 12.5 Å². The Morgan fingerprint density at radius 1 is 1.11 bits per heavy atom. The smallest absolute Gasteiger partial charge is 0.137 e. The summed E-state index contributed by atoms with van der Waals surface area (Å²) in [6, 6.07) is 12.9. The highest BCUT2D eigenvalue weighted by Crippen LogP contribution is 2.23. The van der Waals surface area contributed by atoms with Crippen molar-refractivity contribution < 1.29 is 4.39 Å². The van der Waals surface area contributed by atoms with E-state index >= 15 is 0 Å². The van der Waals surface area contributed by atoms with Gasteiger partial charge in [-0.3, -0.25) is 11.3 Å². The van der Waals surface area contributed by atoms with Gasteiger partial charge in [-0.05, 0) is 57.7 Å². The van der Waals surface area contributed by atoms with Crippen LogP contribution >= 0.6 is 31.9 Å². The number of hydrogen-bond acceptors (Lipinski definition) is 2. The summed E-state index contributed by atoms with van der Waals surface area (Å²) in [7, 11) is 0. The lowest BCUT2D eigenvalue weighted by Crippen LogP contribution is -2.29. The predicted octanol–water partition coefficient (Wildman–Crippen LogP) is 4.10. The first kappa shape index (κ1) is 14.7. The molecule has 0 aliphatic rings. The Balaban J connectivity index is 2.18. The van der Waals surface area contributed by atoms with Gasteiger partial charge in [-0.15, -0.1) is 0 Å². The molecule has 0 fully saturated rings. The largest absolute Gasteiger partial charge is 0.271 e. The van der Waals surface area contributed by atoms with Gasteiger partial charge in [0.25, 0.3) is 0 Å². The molecule has 0 bridgehead atoms. The molecule has 100 valence electrons. The fourth-order valence-corrected chi connectivity index (χ4v) is 2.56. The molecule has 3 N–H and O–H groups in total. The van der Waals surface area contributed by atoms with Crippen LogP contribution in [0.1, 0.15) is 17.2 Å². The molecule has 0 saturated heterocycles. The van der Waals surface area contributed by atoms with Crippen LogP contribution in [0, 0.1) is 5.82 Å². The molecule has 2 nitrogen and oxygen atoms in total. The Bertz CT molecular complexity index is 558. The lowest BCUT2D eigenvalue weighted by atomic mass is 9.99. The average Bonchev–Trinajstić information content (AvgIpc) is 2.41. The second-order valence-electron chi connectivity index (χ2n) is 4.22. The fraction of sp³-hybridized carbons (Fsp3) is 0.143. The van der Waals surface area contributed by atoms with Crippen LogP contribution in [-0.2, 0) is 6.42 Å². The van der Waals surface area contributed by atoms with E-state index in [1.807, 2.05) is 24.3 Å². The van der Waals surface area contributed by atoms with E-state index < -0.39 is 0 Å². The van der Waals surface area contributed by atoms with E-state index in [0.717, 1.165) is 15.6 Å². The SMILES string of the molecule is NNC(Cc1ccc(F)c(Br)c1)c1ccc(Br)cc1. The Labute approximate surface area is 128 Å². The zero-order valence-corrected chi connectivity index (χ0v) is 13.2. The zero-order chi connectivity index (χ0) is 13.8. The molecular formula is C14H13Br2FN2. The Kier molecular flexibility index (Phi) is 5.10. The van der Waals surface area contributed by atoms with Crippen molar-refractivity contribution in [2.24, 2.45) is 5.84 Å². The highest BCUT2D eigenvalue weighted by atomic mass is 79.9. The number of benzene rings is 2. The third kappa shape index (κ3) is 3.86. The minimum atomic E-state index is -0.260. The summed E-state index contributed by atoms with van der Waals surface area (Å²) in [6.07, 6.45) is 0.691. The van der Waals surface area contributed by atoms with E-state index in [1.54, 1.807) is 12.1 Å². The molecule has 2 aromatic rings. The van der Waals surface area contributed by atoms with Crippen molar-refractivity contribution in [1.82, 2.24) is 5.43 Å². The maximum atomic E-state index is 13.2. The monoisotopic (exact) mass is 386 g/mol. The molecule has 0 radical (unpaired) electrons. The van der Waals surface area contributed by atoms with Crippen LogP contribution in [0.15, 0.2) is 51.4 Å². The maximum absolute atomic E-state index is 13.2. The number of nitrogens with one attached hydrogen (secondary N) is 1. The van der Waals surface area contributed by atoms with Crippen molar-refractivity contribution in [3.05, 3.63) is 68.4 Å². The first-order valence-corrected chi connectivity index (χ1v) is 7.34. The zero-order valence-electron chi connectivity index (χ0n) is 10.0. The van der Waals surface area contributed by atoms with Crippen molar-refractivity contribution >= 4 is 31.9 Å². The van der Waals surface area contributed by atoms with Gasteiger partial charge in [-0.1, -0.05) is 34.1 Å². The maximum Gasteiger partial charge on any atom is 0.137 e. The molecule has 2 aromatic carbocycles. The third-order valence-electron chi connectivity index (χ3n) is 2.90. The van der Waals surface area contributed by atoms with Gasteiger partial charge in [-0.2, -0.15) is 0 Å². The van der Waals surface area contributed by atoms with Gasteiger partial charge in [0.1, 0.15) is 5.82 Å². The van der Waals surface area contributed by atoms with Crippen LogP contribution in [0.25, 0.3) is 0 Å². The van der Waals surface area contributed by atoms with Gasteiger partial charge in [0.05, 0.1) is 4.47 Å². The van der Waals surface area contributed by atoms with Crippen LogP contribution < -0.4 is 11.3 Å². The molecule has 0 heterocycles. The summed E-state index contributed by atoms with van der Waals surface area (Å²) in [5.41, 5.74) is 4.90.